The molecule has 0 aliphatic rings. The Morgan fingerprint density at radius 3 is 1.90 bits per heavy atom. The fourth-order valence-corrected chi connectivity index (χ4v) is 4.24. The van der Waals surface area contributed by atoms with Gasteiger partial charge in [-0.15, -0.1) is 0 Å². The monoisotopic (exact) mass is 543 g/mol. The Labute approximate surface area is 244 Å². The SMILES string of the molecule is CCCC.CCCC(CCC(C)CC)c1cc(C)n(-c2ccc(C(C)(C)C)cc2)n1.CCCCCOCCC. The maximum Gasteiger partial charge on any atom is 0.0662 e. The molecule has 0 aliphatic carbocycles. The van der Waals surface area contributed by atoms with Gasteiger partial charge in [-0.05, 0) is 67.7 Å². The van der Waals surface area contributed by atoms with Gasteiger partial charge >= 0.3 is 0 Å². The molecule has 0 fully saturated rings. The van der Waals surface area contributed by atoms with Gasteiger partial charge in [0.05, 0.1) is 11.4 Å². The van der Waals surface area contributed by atoms with E-state index < -0.39 is 0 Å². The summed E-state index contributed by atoms with van der Waals surface area (Å²) >= 11 is 0. The Morgan fingerprint density at radius 1 is 0.769 bits per heavy atom. The Balaban J connectivity index is 0.000000923. The summed E-state index contributed by atoms with van der Waals surface area (Å²) in [5.74, 6) is 1.39. The zero-order valence-corrected chi connectivity index (χ0v) is 28.0. The van der Waals surface area contributed by atoms with Crippen LogP contribution in [0, 0.1) is 12.8 Å². The third-order valence-corrected chi connectivity index (χ3v) is 7.39. The lowest BCUT2D eigenvalue weighted by Crippen LogP contribution is -2.11. The molecule has 39 heavy (non-hydrogen) atoms. The van der Waals surface area contributed by atoms with Crippen molar-refractivity contribution in [3.05, 3.63) is 47.3 Å². The molecule has 2 rings (SSSR count). The highest BCUT2D eigenvalue weighted by molar-refractivity contribution is 5.38. The second-order valence-corrected chi connectivity index (χ2v) is 12.3. The quantitative estimate of drug-likeness (QED) is 0.209. The van der Waals surface area contributed by atoms with Crippen LogP contribution in [0.1, 0.15) is 163 Å². The summed E-state index contributed by atoms with van der Waals surface area (Å²) in [6, 6.07) is 11.2. The minimum atomic E-state index is 0.186. The normalized spacial score (nSPS) is 12.7. The molecule has 0 saturated carbocycles. The zero-order chi connectivity index (χ0) is 29.7. The Hall–Kier alpha value is -1.61. The van der Waals surface area contributed by atoms with Crippen LogP contribution in [0.5, 0.6) is 0 Å². The molecule has 226 valence electrons. The molecule has 0 bridgehead atoms. The molecule has 1 heterocycles. The first-order chi connectivity index (χ1) is 18.6. The van der Waals surface area contributed by atoms with Crippen LogP contribution in [-0.2, 0) is 10.2 Å². The van der Waals surface area contributed by atoms with E-state index in [0.29, 0.717) is 5.92 Å². The van der Waals surface area contributed by atoms with Gasteiger partial charge in [0.15, 0.2) is 0 Å². The molecule has 3 nitrogen and oxygen atoms in total. The second-order valence-electron chi connectivity index (χ2n) is 12.3. The van der Waals surface area contributed by atoms with Crippen LogP contribution in [0.4, 0.5) is 0 Å². The van der Waals surface area contributed by atoms with Gasteiger partial charge in [0.25, 0.3) is 0 Å². The summed E-state index contributed by atoms with van der Waals surface area (Å²) in [6.07, 6.45) is 13.9. The van der Waals surface area contributed by atoms with Gasteiger partial charge in [0.1, 0.15) is 0 Å². The van der Waals surface area contributed by atoms with Crippen molar-refractivity contribution < 1.29 is 4.74 Å². The van der Waals surface area contributed by atoms with Crippen LogP contribution in [0.2, 0.25) is 0 Å². The minimum Gasteiger partial charge on any atom is -0.381 e. The van der Waals surface area contributed by atoms with E-state index in [1.807, 2.05) is 0 Å². The Morgan fingerprint density at radius 2 is 1.41 bits per heavy atom. The molecule has 0 saturated heterocycles. The molecule has 0 spiro atoms. The highest BCUT2D eigenvalue weighted by Gasteiger charge is 2.18. The molecule has 0 radical (unpaired) electrons. The van der Waals surface area contributed by atoms with Crippen molar-refractivity contribution in [1.29, 1.82) is 0 Å². The van der Waals surface area contributed by atoms with Gasteiger partial charge < -0.3 is 4.74 Å². The lowest BCUT2D eigenvalue weighted by molar-refractivity contribution is 0.131. The van der Waals surface area contributed by atoms with Crippen molar-refractivity contribution in [2.45, 2.75) is 158 Å². The lowest BCUT2D eigenvalue weighted by Gasteiger charge is -2.19. The summed E-state index contributed by atoms with van der Waals surface area (Å²) < 4.78 is 7.40. The number of ether oxygens (including phenoxy) is 1. The highest BCUT2D eigenvalue weighted by Crippen LogP contribution is 2.30. The Kier molecular flexibility index (Phi) is 21.2. The molecule has 2 unspecified atom stereocenters. The lowest BCUT2D eigenvalue weighted by atomic mass is 9.87. The first kappa shape index (κ1) is 37.4. The molecular weight excluding hydrogens is 476 g/mol. The molecule has 2 aromatic rings. The van der Waals surface area contributed by atoms with Crippen LogP contribution < -0.4 is 0 Å². The summed E-state index contributed by atoms with van der Waals surface area (Å²) in [4.78, 5) is 0. The summed E-state index contributed by atoms with van der Waals surface area (Å²) in [5, 5.41) is 5.01. The van der Waals surface area contributed by atoms with Gasteiger partial charge in [0, 0.05) is 24.8 Å². The van der Waals surface area contributed by atoms with Gasteiger partial charge in [-0.1, -0.05) is 126 Å². The number of hydrogen-bond donors (Lipinski definition) is 0. The van der Waals surface area contributed by atoms with Crippen molar-refractivity contribution in [3.8, 4) is 5.69 Å². The van der Waals surface area contributed by atoms with Crippen LogP contribution in [-0.4, -0.2) is 23.0 Å². The van der Waals surface area contributed by atoms with E-state index in [0.717, 1.165) is 25.6 Å². The predicted molar refractivity (Wildman–Crippen MR) is 175 cm³/mol. The molecule has 2 atom stereocenters. The van der Waals surface area contributed by atoms with Gasteiger partial charge in [-0.3, -0.25) is 0 Å². The summed E-state index contributed by atoms with van der Waals surface area (Å²) in [6.45, 7) is 26.5. The van der Waals surface area contributed by atoms with Crippen molar-refractivity contribution >= 4 is 0 Å². The van der Waals surface area contributed by atoms with Crippen molar-refractivity contribution in [3.63, 3.8) is 0 Å². The summed E-state index contributed by atoms with van der Waals surface area (Å²) in [7, 11) is 0. The van der Waals surface area contributed by atoms with E-state index in [9.17, 15) is 0 Å². The van der Waals surface area contributed by atoms with Crippen molar-refractivity contribution in [2.75, 3.05) is 13.2 Å². The number of benzene rings is 1. The van der Waals surface area contributed by atoms with E-state index in [1.54, 1.807) is 0 Å². The first-order valence-corrected chi connectivity index (χ1v) is 16.3. The third kappa shape index (κ3) is 16.3. The molecule has 3 heteroatoms. The average molecular weight is 543 g/mol. The molecule has 0 N–H and O–H groups in total. The number of nitrogens with zero attached hydrogens (tertiary/aromatic N) is 2. The largest absolute Gasteiger partial charge is 0.381 e. The maximum atomic E-state index is 5.28. The topological polar surface area (TPSA) is 27.1 Å². The van der Waals surface area contributed by atoms with Crippen LogP contribution in [0.3, 0.4) is 0 Å². The summed E-state index contributed by atoms with van der Waals surface area (Å²) in [5.41, 5.74) is 5.22. The molecular formula is C36H66N2O. The molecule has 1 aromatic heterocycles. The highest BCUT2D eigenvalue weighted by atomic mass is 16.5. The predicted octanol–water partition coefficient (Wildman–Crippen LogP) is 11.6. The molecule has 0 amide bonds. The van der Waals surface area contributed by atoms with E-state index >= 15 is 0 Å². The van der Waals surface area contributed by atoms with E-state index in [-0.39, 0.29) is 5.41 Å². The number of aromatic nitrogens is 2. The zero-order valence-electron chi connectivity index (χ0n) is 28.0. The van der Waals surface area contributed by atoms with Gasteiger partial charge in [-0.2, -0.15) is 5.10 Å². The molecule has 0 aliphatic heterocycles. The Bertz CT molecular complexity index is 808. The molecule has 1 aromatic carbocycles. The first-order valence-electron chi connectivity index (χ1n) is 16.3. The smallest absolute Gasteiger partial charge is 0.0662 e. The number of aryl methyl sites for hydroxylation is 1. The average Bonchev–Trinajstić information content (AvgIpc) is 3.32. The van der Waals surface area contributed by atoms with Gasteiger partial charge in [-0.25, -0.2) is 4.68 Å². The standard InChI is InChI=1S/C24H38N2.C8H18O.C4H10/c1-8-10-20(12-11-18(3)9-2)23-17-19(4)26(25-23)22-15-13-21(14-16-22)24(5,6)7;1-3-5-6-8-9-7-4-2;1-3-4-2/h13-18,20H,8-12H2,1-7H3;3-8H2,1-2H3;3-4H2,1-2H3. The minimum absolute atomic E-state index is 0.186. The van der Waals surface area contributed by atoms with Crippen LogP contribution in [0.15, 0.2) is 30.3 Å². The number of unbranched alkanes of at least 4 members (excludes halogenated alkanes) is 3. The fourth-order valence-electron chi connectivity index (χ4n) is 4.24. The van der Waals surface area contributed by atoms with Crippen molar-refractivity contribution in [2.24, 2.45) is 5.92 Å². The van der Waals surface area contributed by atoms with E-state index in [1.165, 1.54) is 86.8 Å². The van der Waals surface area contributed by atoms with E-state index in [4.69, 9.17) is 9.84 Å². The van der Waals surface area contributed by atoms with Crippen molar-refractivity contribution in [1.82, 2.24) is 9.78 Å². The second kappa shape index (κ2) is 22.1. The van der Waals surface area contributed by atoms with Crippen LogP contribution >= 0.6 is 0 Å². The van der Waals surface area contributed by atoms with Crippen LogP contribution in [0.25, 0.3) is 5.69 Å². The third-order valence-electron chi connectivity index (χ3n) is 7.39. The maximum absolute atomic E-state index is 5.28. The van der Waals surface area contributed by atoms with Gasteiger partial charge in [0.2, 0.25) is 0 Å². The van der Waals surface area contributed by atoms with E-state index in [2.05, 4.69) is 111 Å². The number of rotatable bonds is 15. The fraction of sp³-hybridized carbons (Fsp3) is 0.750. The number of hydrogen-bond acceptors (Lipinski definition) is 2.